The van der Waals surface area contributed by atoms with Crippen LogP contribution in [0, 0.1) is 5.82 Å². The lowest BCUT2D eigenvalue weighted by molar-refractivity contribution is -0.126. The molecule has 0 fully saturated rings. The van der Waals surface area contributed by atoms with Gasteiger partial charge in [0.15, 0.2) is 0 Å². The zero-order valence-electron chi connectivity index (χ0n) is 18.8. The molecule has 6 nitrogen and oxygen atoms in total. The van der Waals surface area contributed by atoms with E-state index in [0.717, 1.165) is 29.9 Å². The van der Waals surface area contributed by atoms with E-state index in [1.807, 2.05) is 54.6 Å². The molecule has 3 aromatic rings. The maximum Gasteiger partial charge on any atom is 0.228 e. The second-order valence-electron chi connectivity index (χ2n) is 8.13. The third kappa shape index (κ3) is 6.34. The summed E-state index contributed by atoms with van der Waals surface area (Å²) in [5.74, 6) is -0.0386. The summed E-state index contributed by atoms with van der Waals surface area (Å²) < 4.78 is 25.0. The van der Waals surface area contributed by atoms with E-state index in [0.29, 0.717) is 31.0 Å². The van der Waals surface area contributed by atoms with E-state index < -0.39 is 11.7 Å². The van der Waals surface area contributed by atoms with Gasteiger partial charge in [-0.3, -0.25) is 9.59 Å². The largest absolute Gasteiger partial charge is 0.494 e. The van der Waals surface area contributed by atoms with Crippen LogP contribution < -0.4 is 20.1 Å². The minimum atomic E-state index is -0.608. The number of hydrogen-bond acceptors (Lipinski definition) is 4. The van der Waals surface area contributed by atoms with E-state index in [9.17, 15) is 14.0 Å². The molecule has 0 saturated carbocycles. The monoisotopic (exact) mass is 462 g/mol. The zero-order valence-corrected chi connectivity index (χ0v) is 18.8. The van der Waals surface area contributed by atoms with Crippen molar-refractivity contribution in [3.05, 3.63) is 89.7 Å². The summed E-state index contributed by atoms with van der Waals surface area (Å²) in [6, 6.07) is 21.6. The molecule has 0 radical (unpaired) electrons. The highest BCUT2D eigenvalue weighted by Gasteiger charge is 2.30. The van der Waals surface area contributed by atoms with Gasteiger partial charge in [0.05, 0.1) is 12.5 Å². The van der Waals surface area contributed by atoms with Gasteiger partial charge in [-0.1, -0.05) is 36.4 Å². The maximum absolute atomic E-state index is 13.4. The van der Waals surface area contributed by atoms with Gasteiger partial charge in [0.1, 0.15) is 23.9 Å². The lowest BCUT2D eigenvalue weighted by Gasteiger charge is -2.24. The minimum Gasteiger partial charge on any atom is -0.494 e. The number of anilines is 1. The molecule has 0 saturated heterocycles. The van der Waals surface area contributed by atoms with Gasteiger partial charge in [0.25, 0.3) is 0 Å². The summed E-state index contributed by atoms with van der Waals surface area (Å²) in [6.07, 6.45) is 1.55. The molecule has 7 heteroatoms. The molecule has 4 rings (SSSR count). The third-order valence-corrected chi connectivity index (χ3v) is 5.58. The van der Waals surface area contributed by atoms with Gasteiger partial charge >= 0.3 is 0 Å². The highest BCUT2D eigenvalue weighted by molar-refractivity contribution is 6.01. The first kappa shape index (κ1) is 23.3. The Morgan fingerprint density at radius 3 is 2.47 bits per heavy atom. The topological polar surface area (TPSA) is 76.7 Å². The number of carbonyl (C=O) groups excluding carboxylic acids is 2. The molecular formula is C27H27FN2O4. The molecule has 1 atom stereocenters. The Labute approximate surface area is 198 Å². The van der Waals surface area contributed by atoms with Gasteiger partial charge in [-0.15, -0.1) is 0 Å². The lowest BCUT2D eigenvalue weighted by atomic mass is 9.89. The molecule has 0 spiro atoms. The Morgan fingerprint density at radius 1 is 0.971 bits per heavy atom. The summed E-state index contributed by atoms with van der Waals surface area (Å²) in [4.78, 5) is 24.5. The molecule has 0 bridgehead atoms. The number of nitrogens with one attached hydrogen (secondary N) is 2. The fourth-order valence-corrected chi connectivity index (χ4v) is 3.80. The number of fused-ring (bicyclic) bond motifs is 1. The van der Waals surface area contributed by atoms with Crippen LogP contribution >= 0.6 is 0 Å². The van der Waals surface area contributed by atoms with Crippen molar-refractivity contribution in [1.82, 2.24) is 5.32 Å². The quantitative estimate of drug-likeness (QED) is 0.424. The summed E-state index contributed by atoms with van der Waals surface area (Å²) in [6.45, 7) is 1.51. The van der Waals surface area contributed by atoms with Crippen molar-refractivity contribution < 1.29 is 23.5 Å². The number of ether oxygens (including phenoxy) is 2. The van der Waals surface area contributed by atoms with E-state index in [4.69, 9.17) is 9.47 Å². The molecule has 1 aliphatic rings. The normalized spacial score (nSPS) is 14.6. The van der Waals surface area contributed by atoms with Crippen LogP contribution in [0.2, 0.25) is 0 Å². The van der Waals surface area contributed by atoms with E-state index in [1.165, 1.54) is 12.1 Å². The second kappa shape index (κ2) is 11.3. The summed E-state index contributed by atoms with van der Waals surface area (Å²) in [5.41, 5.74) is 2.11. The van der Waals surface area contributed by atoms with Crippen molar-refractivity contribution in [2.75, 3.05) is 18.5 Å². The van der Waals surface area contributed by atoms with Gasteiger partial charge in [-0.05, 0) is 60.4 Å². The Kier molecular flexibility index (Phi) is 7.75. The Hall–Kier alpha value is -3.87. The first-order chi connectivity index (χ1) is 16.6. The smallest absolute Gasteiger partial charge is 0.228 e. The molecule has 1 unspecified atom stereocenters. The van der Waals surface area contributed by atoms with Crippen LogP contribution in [0.4, 0.5) is 10.1 Å². The molecule has 34 heavy (non-hydrogen) atoms. The average Bonchev–Trinajstić information content (AvgIpc) is 2.85. The summed E-state index contributed by atoms with van der Waals surface area (Å²) in [5, 5.41) is 5.50. The van der Waals surface area contributed by atoms with Crippen LogP contribution in [-0.2, 0) is 16.2 Å². The molecule has 176 valence electrons. The molecule has 1 heterocycles. The van der Waals surface area contributed by atoms with Crippen LogP contribution in [-0.4, -0.2) is 25.0 Å². The number of hydrogen-bond donors (Lipinski definition) is 2. The molecule has 1 aliphatic heterocycles. The average molecular weight is 463 g/mol. The van der Waals surface area contributed by atoms with Gasteiger partial charge in [-0.25, -0.2) is 4.39 Å². The second-order valence-corrected chi connectivity index (χ2v) is 8.13. The number of carbonyl (C=O) groups is 2. The zero-order chi connectivity index (χ0) is 23.8. The van der Waals surface area contributed by atoms with Crippen LogP contribution in [0.25, 0.3) is 0 Å². The predicted octanol–water partition coefficient (Wildman–Crippen LogP) is 4.81. The highest BCUT2D eigenvalue weighted by Crippen LogP contribution is 2.32. The van der Waals surface area contributed by atoms with Crippen LogP contribution in [0.5, 0.6) is 11.5 Å². The lowest BCUT2D eigenvalue weighted by Crippen LogP contribution is -2.35. The van der Waals surface area contributed by atoms with Crippen LogP contribution in [0.3, 0.4) is 0 Å². The Morgan fingerprint density at radius 2 is 1.71 bits per heavy atom. The molecule has 2 N–H and O–H groups in total. The Balaban J connectivity index is 1.14. The molecule has 2 amide bonds. The van der Waals surface area contributed by atoms with E-state index in [1.54, 1.807) is 6.07 Å². The van der Waals surface area contributed by atoms with Crippen LogP contribution in [0.1, 0.15) is 36.3 Å². The van der Waals surface area contributed by atoms with Crippen molar-refractivity contribution in [2.45, 2.75) is 31.8 Å². The number of halogens is 1. The standard InChI is InChI=1S/C27H27FN2O4/c28-20-8-13-23-24(17-26(31)30-25(23)16-20)27(32)29-14-4-5-15-33-21-9-11-22(12-10-21)34-18-19-6-2-1-3-7-19/h1-3,6-13,16,24H,4-5,14-15,17-18H2,(H,29,32)(H,30,31). The summed E-state index contributed by atoms with van der Waals surface area (Å²) in [7, 11) is 0. The fraction of sp³-hybridized carbons (Fsp3) is 0.259. The molecule has 0 aromatic heterocycles. The van der Waals surface area contributed by atoms with Gasteiger partial charge < -0.3 is 20.1 Å². The van der Waals surface area contributed by atoms with Gasteiger partial charge in [-0.2, -0.15) is 0 Å². The van der Waals surface area contributed by atoms with Crippen LogP contribution in [0.15, 0.2) is 72.8 Å². The Bertz CT molecular complexity index is 1120. The fourth-order valence-electron chi connectivity index (χ4n) is 3.80. The van der Waals surface area contributed by atoms with Crippen molar-refractivity contribution in [3.63, 3.8) is 0 Å². The minimum absolute atomic E-state index is 0.0542. The van der Waals surface area contributed by atoms with Gasteiger partial charge in [0, 0.05) is 18.7 Å². The van der Waals surface area contributed by atoms with E-state index in [-0.39, 0.29) is 18.2 Å². The van der Waals surface area contributed by atoms with Crippen molar-refractivity contribution in [2.24, 2.45) is 0 Å². The predicted molar refractivity (Wildman–Crippen MR) is 127 cm³/mol. The van der Waals surface area contributed by atoms with Crippen molar-refractivity contribution in [3.8, 4) is 11.5 Å². The van der Waals surface area contributed by atoms with Crippen molar-refractivity contribution in [1.29, 1.82) is 0 Å². The molecular weight excluding hydrogens is 435 g/mol. The number of benzene rings is 3. The first-order valence-electron chi connectivity index (χ1n) is 11.3. The number of amides is 2. The molecule has 3 aromatic carbocycles. The number of rotatable bonds is 10. The highest BCUT2D eigenvalue weighted by atomic mass is 19.1. The van der Waals surface area contributed by atoms with E-state index in [2.05, 4.69) is 10.6 Å². The van der Waals surface area contributed by atoms with Gasteiger partial charge in [0.2, 0.25) is 11.8 Å². The van der Waals surface area contributed by atoms with E-state index >= 15 is 0 Å². The summed E-state index contributed by atoms with van der Waals surface area (Å²) >= 11 is 0. The van der Waals surface area contributed by atoms with Crippen molar-refractivity contribution >= 4 is 17.5 Å². The first-order valence-corrected chi connectivity index (χ1v) is 11.3. The molecule has 0 aliphatic carbocycles. The SMILES string of the molecule is O=C1CC(C(=O)NCCCCOc2ccc(OCc3ccccc3)cc2)c2ccc(F)cc2N1. The third-order valence-electron chi connectivity index (χ3n) is 5.58. The number of unbranched alkanes of at least 4 members (excludes halogenated alkanes) is 1. The maximum atomic E-state index is 13.4.